The Kier molecular flexibility index (Phi) is 3.84. The molecule has 6 nitrogen and oxygen atoms in total. The number of hydrogen-bond acceptors (Lipinski definition) is 5. The number of aromatic nitrogens is 1. The van der Waals surface area contributed by atoms with E-state index in [2.05, 4.69) is 4.98 Å². The second kappa shape index (κ2) is 6.33. The van der Waals surface area contributed by atoms with Gasteiger partial charge < -0.3 is 9.84 Å². The van der Waals surface area contributed by atoms with Gasteiger partial charge in [0.05, 0.1) is 23.1 Å². The van der Waals surface area contributed by atoms with Gasteiger partial charge in [0, 0.05) is 17.3 Å². The third kappa shape index (κ3) is 2.63. The minimum absolute atomic E-state index is 0.190. The van der Waals surface area contributed by atoms with Crippen molar-refractivity contribution in [2.24, 2.45) is 0 Å². The first-order chi connectivity index (χ1) is 14.4. The van der Waals surface area contributed by atoms with Crippen molar-refractivity contribution in [3.05, 3.63) is 89.0 Å². The maximum Gasteiger partial charge on any atom is 0.344 e. The molecular weight excluding hydrogens is 387 g/mol. The summed E-state index contributed by atoms with van der Waals surface area (Å²) in [5.74, 6) is -1.19. The molecular formula is C23H15FN2O4. The molecule has 7 heteroatoms. The molecule has 0 spiro atoms. The zero-order chi connectivity index (χ0) is 21.0. The Hall–Kier alpha value is -3.84. The lowest BCUT2D eigenvalue weighted by atomic mass is 9.98. The Balaban J connectivity index is 1.58. The fraction of sp³-hybridized carbons (Fsp3) is 0.0870. The first-order valence-corrected chi connectivity index (χ1v) is 9.21. The quantitative estimate of drug-likeness (QED) is 0.660. The number of rotatable bonds is 2. The Morgan fingerprint density at radius 2 is 1.87 bits per heavy atom. The molecule has 0 saturated heterocycles. The summed E-state index contributed by atoms with van der Waals surface area (Å²) in [5, 5.41) is 10.7. The van der Waals surface area contributed by atoms with Gasteiger partial charge in [0.25, 0.3) is 5.91 Å². The van der Waals surface area contributed by atoms with E-state index >= 15 is 0 Å². The van der Waals surface area contributed by atoms with Gasteiger partial charge in [-0.3, -0.25) is 14.7 Å². The zero-order valence-corrected chi connectivity index (χ0v) is 15.8. The van der Waals surface area contributed by atoms with Crippen LogP contribution in [0, 0.1) is 5.82 Å². The summed E-state index contributed by atoms with van der Waals surface area (Å²) >= 11 is 0. The van der Waals surface area contributed by atoms with E-state index in [1.807, 2.05) is 6.07 Å². The Labute approximate surface area is 170 Å². The highest BCUT2D eigenvalue weighted by molar-refractivity contribution is 6.12. The maximum absolute atomic E-state index is 13.7. The van der Waals surface area contributed by atoms with Gasteiger partial charge in [0.1, 0.15) is 11.6 Å². The van der Waals surface area contributed by atoms with Crippen LogP contribution in [0.5, 0.6) is 0 Å². The minimum atomic E-state index is -1.86. The standard InChI is InChI=1S/C23H15FN2O4/c1-23(29)18-10-14(24)6-7-19(18)26(22(23)28)15-8-13(11-25-12-15)9-20-16-4-2-3-5-17(16)21(27)30-20/h2-12,29H,1H3. The van der Waals surface area contributed by atoms with Crippen molar-refractivity contribution < 1.29 is 23.8 Å². The summed E-state index contributed by atoms with van der Waals surface area (Å²) in [6.07, 6.45) is 4.70. The molecule has 3 heterocycles. The van der Waals surface area contributed by atoms with Crippen molar-refractivity contribution in [3.63, 3.8) is 0 Å². The van der Waals surface area contributed by atoms with Crippen molar-refractivity contribution in [2.75, 3.05) is 4.90 Å². The van der Waals surface area contributed by atoms with Gasteiger partial charge in [-0.25, -0.2) is 9.18 Å². The summed E-state index contributed by atoms with van der Waals surface area (Å²) in [6.45, 7) is 1.34. The Bertz CT molecular complexity index is 1270. The summed E-state index contributed by atoms with van der Waals surface area (Å²) in [5.41, 5.74) is 0.868. The topological polar surface area (TPSA) is 79.7 Å². The number of fused-ring (bicyclic) bond motifs is 2. The third-order valence-electron chi connectivity index (χ3n) is 5.26. The monoisotopic (exact) mass is 402 g/mol. The molecule has 1 amide bonds. The summed E-state index contributed by atoms with van der Waals surface area (Å²) in [6, 6.07) is 12.6. The molecule has 5 rings (SSSR count). The SMILES string of the molecule is CC1(O)C(=O)N(c2cncc(C=C3OC(=O)c4ccccc43)c2)c2ccc(F)cc21. The van der Waals surface area contributed by atoms with E-state index in [9.17, 15) is 19.1 Å². The first-order valence-electron chi connectivity index (χ1n) is 9.21. The normalized spacial score (nSPS) is 21.0. The van der Waals surface area contributed by atoms with Crippen LogP contribution in [0.3, 0.4) is 0 Å². The third-order valence-corrected chi connectivity index (χ3v) is 5.26. The van der Waals surface area contributed by atoms with Crippen LogP contribution < -0.4 is 4.90 Å². The van der Waals surface area contributed by atoms with E-state index in [0.717, 1.165) is 6.07 Å². The Morgan fingerprint density at radius 1 is 1.10 bits per heavy atom. The number of carbonyl (C=O) groups is 2. The van der Waals surface area contributed by atoms with Gasteiger partial charge in [-0.05, 0) is 48.9 Å². The molecule has 2 aliphatic rings. The van der Waals surface area contributed by atoms with Crippen LogP contribution in [0.4, 0.5) is 15.8 Å². The van der Waals surface area contributed by atoms with Crippen LogP contribution in [-0.4, -0.2) is 22.0 Å². The van der Waals surface area contributed by atoms with Crippen LogP contribution in [0.2, 0.25) is 0 Å². The average Bonchev–Trinajstić information content (AvgIpc) is 3.14. The van der Waals surface area contributed by atoms with E-state index in [0.29, 0.717) is 33.8 Å². The van der Waals surface area contributed by atoms with Crippen molar-refractivity contribution in [1.82, 2.24) is 4.98 Å². The number of pyridine rings is 1. The summed E-state index contributed by atoms with van der Waals surface area (Å²) in [7, 11) is 0. The number of benzene rings is 2. The number of halogens is 1. The smallest absolute Gasteiger partial charge is 0.344 e. The van der Waals surface area contributed by atoms with Gasteiger partial charge in [0.2, 0.25) is 0 Å². The molecule has 0 bridgehead atoms. The largest absolute Gasteiger partial charge is 0.422 e. The van der Waals surface area contributed by atoms with Crippen molar-refractivity contribution in [1.29, 1.82) is 0 Å². The molecule has 1 atom stereocenters. The fourth-order valence-corrected chi connectivity index (χ4v) is 3.78. The van der Waals surface area contributed by atoms with Crippen molar-refractivity contribution >= 4 is 35.1 Å². The lowest BCUT2D eigenvalue weighted by Crippen LogP contribution is -2.35. The number of carbonyl (C=O) groups excluding carboxylic acids is 2. The van der Waals surface area contributed by atoms with Gasteiger partial charge >= 0.3 is 5.97 Å². The number of esters is 1. The van der Waals surface area contributed by atoms with Gasteiger partial charge in [-0.2, -0.15) is 0 Å². The Morgan fingerprint density at radius 3 is 2.67 bits per heavy atom. The molecule has 1 N–H and O–H groups in total. The van der Waals surface area contributed by atoms with Gasteiger partial charge in [0.15, 0.2) is 5.60 Å². The lowest BCUT2D eigenvalue weighted by Gasteiger charge is -2.19. The molecule has 3 aromatic rings. The van der Waals surface area contributed by atoms with E-state index in [1.165, 1.54) is 30.2 Å². The number of nitrogens with zero attached hydrogens (tertiary/aromatic N) is 2. The predicted octanol–water partition coefficient (Wildman–Crippen LogP) is 3.78. The van der Waals surface area contributed by atoms with Gasteiger partial charge in [-0.1, -0.05) is 18.2 Å². The molecule has 0 fully saturated rings. The molecule has 30 heavy (non-hydrogen) atoms. The average molecular weight is 402 g/mol. The first kappa shape index (κ1) is 18.2. The number of aliphatic hydroxyl groups is 1. The fourth-order valence-electron chi connectivity index (χ4n) is 3.78. The van der Waals surface area contributed by atoms with E-state index in [1.54, 1.807) is 36.5 Å². The molecule has 0 radical (unpaired) electrons. The highest BCUT2D eigenvalue weighted by Gasteiger charge is 2.47. The van der Waals surface area contributed by atoms with Crippen LogP contribution in [0.25, 0.3) is 11.8 Å². The van der Waals surface area contributed by atoms with Crippen LogP contribution in [0.1, 0.15) is 34.0 Å². The summed E-state index contributed by atoms with van der Waals surface area (Å²) in [4.78, 5) is 30.4. The van der Waals surface area contributed by atoms with Crippen LogP contribution >= 0.6 is 0 Å². The molecule has 1 aromatic heterocycles. The van der Waals surface area contributed by atoms with E-state index in [4.69, 9.17) is 4.74 Å². The maximum atomic E-state index is 13.7. The molecule has 0 saturated carbocycles. The molecule has 2 aromatic carbocycles. The second-order valence-corrected chi connectivity index (χ2v) is 7.29. The summed E-state index contributed by atoms with van der Waals surface area (Å²) < 4.78 is 19.1. The molecule has 2 aliphatic heterocycles. The number of hydrogen-bond donors (Lipinski definition) is 1. The highest BCUT2D eigenvalue weighted by Crippen LogP contribution is 2.44. The van der Waals surface area contributed by atoms with Crippen LogP contribution in [0.15, 0.2) is 60.9 Å². The predicted molar refractivity (Wildman–Crippen MR) is 107 cm³/mol. The molecule has 1 unspecified atom stereocenters. The lowest BCUT2D eigenvalue weighted by molar-refractivity contribution is -0.133. The zero-order valence-electron chi connectivity index (χ0n) is 15.8. The van der Waals surface area contributed by atoms with Crippen molar-refractivity contribution in [3.8, 4) is 0 Å². The highest BCUT2D eigenvalue weighted by atomic mass is 19.1. The molecule has 0 aliphatic carbocycles. The van der Waals surface area contributed by atoms with Gasteiger partial charge in [-0.15, -0.1) is 0 Å². The number of cyclic esters (lactones) is 1. The van der Waals surface area contributed by atoms with Crippen molar-refractivity contribution in [2.45, 2.75) is 12.5 Å². The second-order valence-electron chi connectivity index (χ2n) is 7.29. The number of amides is 1. The molecule has 148 valence electrons. The number of ether oxygens (including phenoxy) is 1. The van der Waals surface area contributed by atoms with E-state index in [-0.39, 0.29) is 5.56 Å². The number of anilines is 2. The van der Waals surface area contributed by atoms with Crippen LogP contribution in [-0.2, 0) is 15.1 Å². The minimum Gasteiger partial charge on any atom is -0.422 e. The van der Waals surface area contributed by atoms with E-state index < -0.39 is 23.3 Å².